The number of nitrogens with zero attached hydrogens (tertiary/aromatic N) is 1. The van der Waals surface area contributed by atoms with Crippen LogP contribution in [0.15, 0.2) is 12.1 Å². The van der Waals surface area contributed by atoms with Crippen LogP contribution in [-0.2, 0) is 4.79 Å². The number of carbonyl (C=O) groups is 2. The first kappa shape index (κ1) is 22.5. The quantitative estimate of drug-likeness (QED) is 0.428. The van der Waals surface area contributed by atoms with Gasteiger partial charge in [0.2, 0.25) is 5.91 Å². The lowest BCUT2D eigenvalue weighted by atomic mass is 9.77. The van der Waals surface area contributed by atoms with Crippen LogP contribution in [-0.4, -0.2) is 72.4 Å². The largest absolute Gasteiger partial charge is 0.535 e. The highest BCUT2D eigenvalue weighted by Crippen LogP contribution is 2.60. The number of carboxylic acid groups (broad SMARTS) is 1. The maximum Gasteiger partial charge on any atom is 0.526 e. The van der Waals surface area contributed by atoms with Crippen molar-refractivity contribution in [3.05, 3.63) is 23.3 Å². The van der Waals surface area contributed by atoms with Gasteiger partial charge in [0, 0.05) is 31.4 Å². The second kappa shape index (κ2) is 9.16. The van der Waals surface area contributed by atoms with Crippen molar-refractivity contribution < 1.29 is 29.1 Å². The van der Waals surface area contributed by atoms with Gasteiger partial charge < -0.3 is 35.5 Å². The average Bonchev–Trinajstić information content (AvgIpc) is 3.56. The Morgan fingerprint density at radius 2 is 2.00 bits per heavy atom. The number of carboxylic acids is 1. The minimum absolute atomic E-state index is 0.0401. The van der Waals surface area contributed by atoms with Crippen molar-refractivity contribution in [2.24, 2.45) is 11.7 Å². The zero-order chi connectivity index (χ0) is 23.1. The van der Waals surface area contributed by atoms with Crippen molar-refractivity contribution in [2.45, 2.75) is 62.4 Å². The normalized spacial score (nSPS) is 28.3. The number of nitrogens with two attached hydrogens (primary N) is 1. The molecule has 2 saturated carbocycles. The number of nitrogens with one attached hydrogen (secondary N) is 1. The van der Waals surface area contributed by atoms with E-state index in [1.807, 2.05) is 6.07 Å². The van der Waals surface area contributed by atoms with Crippen LogP contribution in [0.3, 0.4) is 0 Å². The van der Waals surface area contributed by atoms with Gasteiger partial charge in [0.05, 0.1) is 13.1 Å². The van der Waals surface area contributed by atoms with Crippen molar-refractivity contribution in [3.8, 4) is 11.5 Å². The van der Waals surface area contributed by atoms with Crippen molar-refractivity contribution in [2.75, 3.05) is 26.2 Å². The number of benzene rings is 1. The molecule has 5 rings (SSSR count). The van der Waals surface area contributed by atoms with Gasteiger partial charge in [-0.05, 0) is 55.6 Å². The van der Waals surface area contributed by atoms with Gasteiger partial charge in [-0.3, -0.25) is 4.79 Å². The first-order valence-electron chi connectivity index (χ1n) is 12.1. The van der Waals surface area contributed by atoms with Crippen molar-refractivity contribution in [3.63, 3.8) is 0 Å². The Hall–Kier alpha value is -2.30. The van der Waals surface area contributed by atoms with Gasteiger partial charge in [0.1, 0.15) is 23.2 Å². The lowest BCUT2D eigenvalue weighted by Gasteiger charge is -2.40. The Morgan fingerprint density at radius 3 is 2.70 bits per heavy atom. The molecular weight excluding hydrogens is 425 g/mol. The molecule has 0 unspecified atom stereocenters. The van der Waals surface area contributed by atoms with Crippen LogP contribution in [0.25, 0.3) is 0 Å². The van der Waals surface area contributed by atoms with Crippen LogP contribution in [0.2, 0.25) is 5.82 Å². The zero-order valence-electron chi connectivity index (χ0n) is 18.7. The molecule has 2 atom stereocenters. The molecule has 10 heteroatoms. The first-order chi connectivity index (χ1) is 15.9. The van der Waals surface area contributed by atoms with Crippen molar-refractivity contribution in [1.29, 1.82) is 0 Å². The van der Waals surface area contributed by atoms with E-state index >= 15 is 0 Å². The van der Waals surface area contributed by atoms with Crippen LogP contribution < -0.4 is 20.4 Å². The number of amides is 1. The summed E-state index contributed by atoms with van der Waals surface area (Å²) >= 11 is 0. The lowest BCUT2D eigenvalue weighted by molar-refractivity contribution is -0.141. The fraction of sp³-hybridized carbons (Fsp3) is 0.652. The van der Waals surface area contributed by atoms with Crippen molar-refractivity contribution >= 4 is 19.0 Å². The molecule has 0 radical (unpaired) electrons. The minimum Gasteiger partial charge on any atom is -0.535 e. The molecule has 2 aliphatic carbocycles. The van der Waals surface area contributed by atoms with Crippen LogP contribution in [0.1, 0.15) is 60.4 Å². The number of hydrogen-bond donors (Lipinski definition) is 4. The molecule has 4 aliphatic rings. The third-order valence-corrected chi connectivity index (χ3v) is 7.59. The topological polar surface area (TPSA) is 134 Å². The molecule has 9 nitrogen and oxygen atoms in total. The summed E-state index contributed by atoms with van der Waals surface area (Å²) in [6.45, 7) is 2.39. The molecule has 1 saturated heterocycles. The Kier molecular flexibility index (Phi) is 6.24. The summed E-state index contributed by atoms with van der Waals surface area (Å²) in [5.41, 5.74) is 6.34. The molecule has 2 heterocycles. The van der Waals surface area contributed by atoms with Crippen LogP contribution >= 0.6 is 0 Å². The second-order valence-corrected chi connectivity index (χ2v) is 9.88. The number of hydrogen-bond acceptors (Lipinski definition) is 7. The number of ether oxygens (including phenoxy) is 1. The summed E-state index contributed by atoms with van der Waals surface area (Å²) in [5, 5.41) is 23.3. The number of rotatable bonds is 8. The molecule has 1 aromatic rings. The summed E-state index contributed by atoms with van der Waals surface area (Å²) in [5.74, 6) is 0.0689. The van der Waals surface area contributed by atoms with Gasteiger partial charge in [-0.25, -0.2) is 4.79 Å². The van der Waals surface area contributed by atoms with Gasteiger partial charge in [0.25, 0.3) is 0 Å². The molecule has 0 bridgehead atoms. The number of carbonyl (C=O) groups excluding carboxylic acids is 1. The molecule has 0 aromatic heterocycles. The van der Waals surface area contributed by atoms with Gasteiger partial charge in [-0.2, -0.15) is 0 Å². The SMILES string of the molecule is NCCN[C@H]1CC[C@@H](CC(=O)N2CC(Oc3ccc4c(c3C(=O)O)OB(O)[C@H]3C[C@@H]43)C2)CC1. The van der Waals surface area contributed by atoms with Gasteiger partial charge in [-0.1, -0.05) is 6.07 Å². The van der Waals surface area contributed by atoms with E-state index in [1.54, 1.807) is 11.0 Å². The van der Waals surface area contributed by atoms with E-state index in [9.17, 15) is 19.7 Å². The first-order valence-corrected chi connectivity index (χ1v) is 12.1. The molecule has 5 N–H and O–H groups in total. The molecule has 1 aromatic carbocycles. The van der Waals surface area contributed by atoms with Gasteiger partial charge >= 0.3 is 13.1 Å². The predicted octanol–water partition coefficient (Wildman–Crippen LogP) is 1.20. The summed E-state index contributed by atoms with van der Waals surface area (Å²) in [4.78, 5) is 26.4. The van der Waals surface area contributed by atoms with E-state index in [4.69, 9.17) is 15.1 Å². The van der Waals surface area contributed by atoms with E-state index in [1.165, 1.54) is 0 Å². The fourth-order valence-corrected chi connectivity index (χ4v) is 5.53. The predicted molar refractivity (Wildman–Crippen MR) is 122 cm³/mol. The zero-order valence-corrected chi connectivity index (χ0v) is 18.7. The monoisotopic (exact) mass is 457 g/mol. The number of aromatic carboxylic acids is 1. The Morgan fingerprint density at radius 1 is 1.24 bits per heavy atom. The second-order valence-electron chi connectivity index (χ2n) is 9.88. The molecule has 33 heavy (non-hydrogen) atoms. The van der Waals surface area contributed by atoms with E-state index < -0.39 is 13.1 Å². The van der Waals surface area contributed by atoms with Gasteiger partial charge in [-0.15, -0.1) is 0 Å². The van der Waals surface area contributed by atoms with E-state index in [2.05, 4.69) is 5.32 Å². The third-order valence-electron chi connectivity index (χ3n) is 7.59. The summed E-state index contributed by atoms with van der Waals surface area (Å²) in [6, 6.07) is 4.03. The van der Waals surface area contributed by atoms with Gasteiger partial charge in [0.15, 0.2) is 0 Å². The van der Waals surface area contributed by atoms with Crippen LogP contribution in [0.4, 0.5) is 0 Å². The third kappa shape index (κ3) is 4.56. The molecular formula is C23H32BN3O6. The molecule has 3 fully saturated rings. The summed E-state index contributed by atoms with van der Waals surface area (Å²) in [7, 11) is -0.973. The minimum atomic E-state index is -1.14. The molecule has 1 amide bonds. The van der Waals surface area contributed by atoms with Crippen LogP contribution in [0.5, 0.6) is 11.5 Å². The molecule has 2 aliphatic heterocycles. The van der Waals surface area contributed by atoms with Crippen molar-refractivity contribution in [1.82, 2.24) is 10.2 Å². The average molecular weight is 457 g/mol. The van der Waals surface area contributed by atoms with E-state index in [-0.39, 0.29) is 40.8 Å². The van der Waals surface area contributed by atoms with Crippen LogP contribution in [0, 0.1) is 5.92 Å². The number of fused-ring (bicyclic) bond motifs is 3. The summed E-state index contributed by atoms with van der Waals surface area (Å²) in [6.07, 6.45) is 5.38. The highest BCUT2D eigenvalue weighted by Gasteiger charge is 2.54. The molecule has 178 valence electrons. The molecule has 0 spiro atoms. The lowest BCUT2D eigenvalue weighted by Crippen LogP contribution is -2.56. The maximum absolute atomic E-state index is 12.7. The smallest absolute Gasteiger partial charge is 0.526 e. The fourth-order valence-electron chi connectivity index (χ4n) is 5.53. The Balaban J connectivity index is 1.13. The standard InChI is InChI=1S/C23H32BN3O6/c25-7-8-26-14-3-1-13(2-4-14)9-20(28)27-11-15(12-27)32-19-6-5-16-17-10-18(17)24(31)33-22(16)21(19)23(29)30/h5-6,13-15,17-18,26,31H,1-4,7-12,25H2,(H,29,30)/t13-,14+,17-,18-/m0/s1. The highest BCUT2D eigenvalue weighted by atomic mass is 16.5. The highest BCUT2D eigenvalue weighted by molar-refractivity contribution is 6.48. The van der Waals surface area contributed by atoms with E-state index in [0.29, 0.717) is 38.0 Å². The Labute approximate surface area is 193 Å². The Bertz CT molecular complexity index is 916. The summed E-state index contributed by atoms with van der Waals surface area (Å²) < 4.78 is 11.5. The van der Waals surface area contributed by atoms with E-state index in [0.717, 1.165) is 44.2 Å². The maximum atomic E-state index is 12.7. The number of likely N-dealkylation sites (tertiary alicyclic amines) is 1.